The SMILES string of the molecule is CN(C)c1cc[n+](Cc2cccc(Cl)c2)cc1. The average Bonchev–Trinajstić information content (AvgIpc) is 2.29. The molecule has 1 heterocycles. The molecule has 2 rings (SSSR count). The third-order valence-electron chi connectivity index (χ3n) is 2.64. The van der Waals surface area contributed by atoms with Gasteiger partial charge in [-0.3, -0.25) is 0 Å². The van der Waals surface area contributed by atoms with Crippen molar-refractivity contribution in [2.75, 3.05) is 19.0 Å². The van der Waals surface area contributed by atoms with E-state index in [0.29, 0.717) is 0 Å². The minimum absolute atomic E-state index is 0.785. The lowest BCUT2D eigenvalue weighted by molar-refractivity contribution is -0.688. The lowest BCUT2D eigenvalue weighted by atomic mass is 10.2. The monoisotopic (exact) mass is 247 g/mol. The van der Waals surface area contributed by atoms with E-state index < -0.39 is 0 Å². The summed E-state index contributed by atoms with van der Waals surface area (Å²) in [4.78, 5) is 2.09. The molecule has 0 amide bonds. The van der Waals surface area contributed by atoms with Crippen molar-refractivity contribution in [3.63, 3.8) is 0 Å². The number of anilines is 1. The second-order valence-corrected chi connectivity index (χ2v) is 4.69. The fourth-order valence-electron chi connectivity index (χ4n) is 1.70. The molecule has 0 spiro atoms. The van der Waals surface area contributed by atoms with E-state index in [0.717, 1.165) is 11.6 Å². The summed E-state index contributed by atoms with van der Waals surface area (Å²) in [5.74, 6) is 0. The predicted molar refractivity (Wildman–Crippen MR) is 71.5 cm³/mol. The first-order valence-corrected chi connectivity index (χ1v) is 5.94. The first-order valence-electron chi connectivity index (χ1n) is 5.56. The molecule has 1 aromatic heterocycles. The third kappa shape index (κ3) is 3.21. The maximum absolute atomic E-state index is 5.96. The average molecular weight is 248 g/mol. The Hall–Kier alpha value is -1.54. The lowest BCUT2D eigenvalue weighted by Crippen LogP contribution is -2.33. The summed E-state index contributed by atoms with van der Waals surface area (Å²) < 4.78 is 2.14. The van der Waals surface area contributed by atoms with Gasteiger partial charge in [-0.25, -0.2) is 4.57 Å². The molecule has 0 unspecified atom stereocenters. The smallest absolute Gasteiger partial charge is 0.173 e. The molecule has 88 valence electrons. The number of aromatic nitrogens is 1. The van der Waals surface area contributed by atoms with Gasteiger partial charge in [0.15, 0.2) is 18.9 Å². The van der Waals surface area contributed by atoms with Crippen molar-refractivity contribution in [2.24, 2.45) is 0 Å². The maximum atomic E-state index is 5.96. The van der Waals surface area contributed by atoms with Crippen LogP contribution in [0.5, 0.6) is 0 Å². The highest BCUT2D eigenvalue weighted by Gasteiger charge is 2.04. The first-order chi connectivity index (χ1) is 8.15. The van der Waals surface area contributed by atoms with Crippen molar-refractivity contribution in [1.29, 1.82) is 0 Å². The molecule has 0 N–H and O–H groups in total. The van der Waals surface area contributed by atoms with Crippen LogP contribution in [0.2, 0.25) is 5.02 Å². The zero-order chi connectivity index (χ0) is 12.3. The van der Waals surface area contributed by atoms with E-state index in [2.05, 4.69) is 40.1 Å². The first kappa shape index (κ1) is 11.9. The van der Waals surface area contributed by atoms with E-state index in [1.807, 2.05) is 32.3 Å². The van der Waals surface area contributed by atoms with Gasteiger partial charge < -0.3 is 4.90 Å². The lowest BCUT2D eigenvalue weighted by Gasteiger charge is -2.10. The Kier molecular flexibility index (Phi) is 3.64. The van der Waals surface area contributed by atoms with Crippen LogP contribution < -0.4 is 9.47 Å². The molecule has 0 bridgehead atoms. The predicted octanol–water partition coefficient (Wildman–Crippen LogP) is 2.74. The summed E-state index contributed by atoms with van der Waals surface area (Å²) in [6, 6.07) is 12.2. The van der Waals surface area contributed by atoms with Crippen molar-refractivity contribution in [2.45, 2.75) is 6.54 Å². The fraction of sp³-hybridized carbons (Fsp3) is 0.214. The second-order valence-electron chi connectivity index (χ2n) is 4.25. The number of pyridine rings is 1. The summed E-state index contributed by atoms with van der Waals surface area (Å²) >= 11 is 5.96. The molecule has 17 heavy (non-hydrogen) atoms. The standard InChI is InChI=1S/C14H16ClN2/c1-16(2)14-6-8-17(9-7-14)11-12-4-3-5-13(15)10-12/h3-10H,11H2,1-2H3/q+1. The molecule has 0 saturated heterocycles. The number of rotatable bonds is 3. The van der Waals surface area contributed by atoms with Gasteiger partial charge in [0, 0.05) is 42.5 Å². The van der Waals surface area contributed by atoms with Crippen LogP contribution >= 0.6 is 11.6 Å². The highest BCUT2D eigenvalue weighted by atomic mass is 35.5. The quantitative estimate of drug-likeness (QED) is 0.757. The number of hydrogen-bond acceptors (Lipinski definition) is 1. The molecule has 0 fully saturated rings. The van der Waals surface area contributed by atoms with E-state index >= 15 is 0 Å². The van der Waals surface area contributed by atoms with Gasteiger partial charge in [-0.2, -0.15) is 0 Å². The Morgan fingerprint density at radius 2 is 1.82 bits per heavy atom. The minimum atomic E-state index is 0.785. The van der Waals surface area contributed by atoms with Crippen molar-refractivity contribution in [3.8, 4) is 0 Å². The molecule has 0 aliphatic heterocycles. The van der Waals surface area contributed by atoms with E-state index in [1.165, 1.54) is 11.3 Å². The van der Waals surface area contributed by atoms with Crippen molar-refractivity contribution >= 4 is 17.3 Å². The zero-order valence-electron chi connectivity index (χ0n) is 10.1. The fourth-order valence-corrected chi connectivity index (χ4v) is 1.91. The molecule has 0 aliphatic carbocycles. The number of hydrogen-bond donors (Lipinski definition) is 0. The number of halogens is 1. The molecule has 0 radical (unpaired) electrons. The topological polar surface area (TPSA) is 7.12 Å². The highest BCUT2D eigenvalue weighted by Crippen LogP contribution is 2.11. The van der Waals surface area contributed by atoms with E-state index in [-0.39, 0.29) is 0 Å². The Morgan fingerprint density at radius 1 is 1.12 bits per heavy atom. The van der Waals surface area contributed by atoms with Gasteiger partial charge in [0.1, 0.15) is 0 Å². The highest BCUT2D eigenvalue weighted by molar-refractivity contribution is 6.30. The van der Waals surface area contributed by atoms with Gasteiger partial charge in [-0.05, 0) is 12.1 Å². The summed E-state index contributed by atoms with van der Waals surface area (Å²) in [6.07, 6.45) is 4.16. The molecule has 0 atom stereocenters. The molecular formula is C14H16ClN2+. The number of benzene rings is 1. The molecule has 2 nitrogen and oxygen atoms in total. The normalized spacial score (nSPS) is 10.3. The second kappa shape index (κ2) is 5.19. The van der Waals surface area contributed by atoms with Gasteiger partial charge in [-0.15, -0.1) is 0 Å². The maximum Gasteiger partial charge on any atom is 0.173 e. The van der Waals surface area contributed by atoms with Crippen LogP contribution in [0.15, 0.2) is 48.8 Å². The summed E-state index contributed by atoms with van der Waals surface area (Å²) in [5.41, 5.74) is 2.41. The molecule has 1 aromatic carbocycles. The van der Waals surface area contributed by atoms with Crippen LogP contribution in [-0.4, -0.2) is 14.1 Å². The van der Waals surface area contributed by atoms with Gasteiger partial charge in [0.2, 0.25) is 0 Å². The summed E-state index contributed by atoms with van der Waals surface area (Å²) in [7, 11) is 4.08. The summed E-state index contributed by atoms with van der Waals surface area (Å²) in [5, 5.41) is 0.785. The van der Waals surface area contributed by atoms with Gasteiger partial charge in [0.25, 0.3) is 0 Å². The molecule has 0 saturated carbocycles. The van der Waals surface area contributed by atoms with Gasteiger partial charge in [0.05, 0.1) is 0 Å². The molecule has 3 heteroatoms. The molecule has 0 aliphatic rings. The van der Waals surface area contributed by atoms with Gasteiger partial charge in [-0.1, -0.05) is 23.7 Å². The van der Waals surface area contributed by atoms with Crippen molar-refractivity contribution in [3.05, 3.63) is 59.4 Å². The van der Waals surface area contributed by atoms with Crippen LogP contribution in [0, 0.1) is 0 Å². The van der Waals surface area contributed by atoms with Crippen LogP contribution in [0.25, 0.3) is 0 Å². The Morgan fingerprint density at radius 3 is 2.41 bits per heavy atom. The number of nitrogens with zero attached hydrogens (tertiary/aromatic N) is 2. The van der Waals surface area contributed by atoms with Crippen LogP contribution in [0.4, 0.5) is 5.69 Å². The van der Waals surface area contributed by atoms with E-state index in [1.54, 1.807) is 0 Å². The molecular weight excluding hydrogens is 232 g/mol. The summed E-state index contributed by atoms with van der Waals surface area (Å²) in [6.45, 7) is 0.842. The van der Waals surface area contributed by atoms with Gasteiger partial charge >= 0.3 is 0 Å². The van der Waals surface area contributed by atoms with Crippen molar-refractivity contribution < 1.29 is 4.57 Å². The third-order valence-corrected chi connectivity index (χ3v) is 2.88. The zero-order valence-corrected chi connectivity index (χ0v) is 10.9. The largest absolute Gasteiger partial charge is 0.377 e. The van der Waals surface area contributed by atoms with E-state index in [9.17, 15) is 0 Å². The molecule has 2 aromatic rings. The Labute approximate surface area is 107 Å². The van der Waals surface area contributed by atoms with Crippen LogP contribution in [0.1, 0.15) is 5.56 Å². The Balaban J connectivity index is 2.14. The van der Waals surface area contributed by atoms with Crippen LogP contribution in [-0.2, 0) is 6.54 Å². The van der Waals surface area contributed by atoms with Crippen molar-refractivity contribution in [1.82, 2.24) is 0 Å². The van der Waals surface area contributed by atoms with Crippen LogP contribution in [0.3, 0.4) is 0 Å². The Bertz CT molecular complexity index is 492. The van der Waals surface area contributed by atoms with E-state index in [4.69, 9.17) is 11.6 Å². The minimum Gasteiger partial charge on any atom is -0.377 e.